The molecule has 3 nitrogen and oxygen atoms in total. The predicted molar refractivity (Wildman–Crippen MR) is 103 cm³/mol. The SMILES string of the molecule is CC.CCCc1cc(O)ccc1C.Cn1ccc2ccc(O)cc21. The lowest BCUT2D eigenvalue weighted by Crippen LogP contribution is -1.86. The molecule has 0 saturated carbocycles. The average Bonchev–Trinajstić information content (AvgIpc) is 2.94. The number of aromatic nitrogens is 1. The maximum Gasteiger partial charge on any atom is 0.117 e. The van der Waals surface area contributed by atoms with Crippen molar-refractivity contribution < 1.29 is 10.2 Å². The molecule has 24 heavy (non-hydrogen) atoms. The van der Waals surface area contributed by atoms with Crippen LogP contribution in [0.4, 0.5) is 0 Å². The molecule has 0 aliphatic heterocycles. The second-order valence-electron chi connectivity index (χ2n) is 5.53. The molecule has 0 fully saturated rings. The van der Waals surface area contributed by atoms with Crippen LogP contribution in [-0.2, 0) is 13.5 Å². The van der Waals surface area contributed by atoms with Gasteiger partial charge in [0.25, 0.3) is 0 Å². The number of hydrogen-bond acceptors (Lipinski definition) is 2. The fourth-order valence-corrected chi connectivity index (χ4v) is 2.45. The molecule has 0 saturated heterocycles. The first-order valence-corrected chi connectivity index (χ1v) is 8.53. The van der Waals surface area contributed by atoms with E-state index >= 15 is 0 Å². The van der Waals surface area contributed by atoms with Gasteiger partial charge in [0.15, 0.2) is 0 Å². The molecule has 2 aromatic carbocycles. The number of nitrogens with zero attached hydrogens (tertiary/aromatic N) is 1. The van der Waals surface area contributed by atoms with E-state index in [1.165, 1.54) is 11.1 Å². The lowest BCUT2D eigenvalue weighted by molar-refractivity contribution is 0.474. The fraction of sp³-hybridized carbons (Fsp3) is 0.333. The van der Waals surface area contributed by atoms with Gasteiger partial charge in [0.05, 0.1) is 5.52 Å². The summed E-state index contributed by atoms with van der Waals surface area (Å²) in [5.41, 5.74) is 3.59. The Morgan fingerprint density at radius 3 is 2.21 bits per heavy atom. The highest BCUT2D eigenvalue weighted by molar-refractivity contribution is 5.81. The minimum Gasteiger partial charge on any atom is -0.508 e. The third kappa shape index (κ3) is 5.34. The minimum absolute atomic E-state index is 0.319. The zero-order valence-electron chi connectivity index (χ0n) is 15.4. The number of hydrogen-bond donors (Lipinski definition) is 2. The van der Waals surface area contributed by atoms with E-state index in [9.17, 15) is 0 Å². The fourth-order valence-electron chi connectivity index (χ4n) is 2.45. The number of phenols is 2. The highest BCUT2D eigenvalue weighted by Gasteiger charge is 1.97. The second kappa shape index (κ2) is 9.66. The third-order valence-corrected chi connectivity index (χ3v) is 3.72. The topological polar surface area (TPSA) is 45.4 Å². The molecule has 0 amide bonds. The number of aryl methyl sites for hydroxylation is 3. The molecule has 0 bridgehead atoms. The number of aromatic hydroxyl groups is 2. The summed E-state index contributed by atoms with van der Waals surface area (Å²) in [5, 5.41) is 19.5. The molecule has 0 atom stereocenters. The minimum atomic E-state index is 0.319. The zero-order valence-corrected chi connectivity index (χ0v) is 15.4. The van der Waals surface area contributed by atoms with E-state index in [1.54, 1.807) is 18.2 Å². The molecule has 3 aromatic rings. The largest absolute Gasteiger partial charge is 0.508 e. The van der Waals surface area contributed by atoms with Crippen LogP contribution < -0.4 is 0 Å². The highest BCUT2D eigenvalue weighted by atomic mass is 16.3. The van der Waals surface area contributed by atoms with E-state index < -0.39 is 0 Å². The molecule has 2 N–H and O–H groups in total. The van der Waals surface area contributed by atoms with Gasteiger partial charge >= 0.3 is 0 Å². The van der Waals surface area contributed by atoms with Crippen LogP contribution in [0, 0.1) is 6.92 Å². The summed E-state index contributed by atoms with van der Waals surface area (Å²) in [6.45, 7) is 8.22. The van der Waals surface area contributed by atoms with Gasteiger partial charge in [0.2, 0.25) is 0 Å². The van der Waals surface area contributed by atoms with Crippen molar-refractivity contribution >= 4 is 10.9 Å². The Morgan fingerprint density at radius 1 is 0.917 bits per heavy atom. The van der Waals surface area contributed by atoms with Crippen molar-refractivity contribution in [1.82, 2.24) is 4.57 Å². The Balaban J connectivity index is 0.000000218. The van der Waals surface area contributed by atoms with E-state index in [-0.39, 0.29) is 0 Å². The molecule has 1 aromatic heterocycles. The average molecular weight is 327 g/mol. The van der Waals surface area contributed by atoms with Gasteiger partial charge in [0, 0.05) is 19.3 Å². The first kappa shape index (κ1) is 19.6. The van der Waals surface area contributed by atoms with Crippen LogP contribution in [0.15, 0.2) is 48.7 Å². The summed E-state index contributed by atoms with van der Waals surface area (Å²) in [5.74, 6) is 0.693. The van der Waals surface area contributed by atoms with Crippen LogP contribution in [-0.4, -0.2) is 14.8 Å². The molecule has 1 heterocycles. The predicted octanol–water partition coefficient (Wildman–Crippen LogP) is 5.56. The summed E-state index contributed by atoms with van der Waals surface area (Å²) < 4.78 is 1.98. The van der Waals surface area contributed by atoms with Crippen LogP contribution in [0.3, 0.4) is 0 Å². The Kier molecular flexibility index (Phi) is 7.90. The van der Waals surface area contributed by atoms with Crippen LogP contribution in [0.25, 0.3) is 10.9 Å². The van der Waals surface area contributed by atoms with E-state index in [2.05, 4.69) is 13.8 Å². The van der Waals surface area contributed by atoms with Crippen LogP contribution in [0.1, 0.15) is 38.3 Å². The van der Waals surface area contributed by atoms with Crippen LogP contribution >= 0.6 is 0 Å². The Bertz CT molecular complexity index is 760. The monoisotopic (exact) mass is 327 g/mol. The summed E-state index contributed by atoms with van der Waals surface area (Å²) in [6.07, 6.45) is 4.16. The lowest BCUT2D eigenvalue weighted by Gasteiger charge is -2.03. The maximum absolute atomic E-state index is 9.16. The number of phenolic OH excluding ortho intramolecular Hbond substituents is 2. The van der Waals surface area contributed by atoms with Gasteiger partial charge in [-0.2, -0.15) is 0 Å². The number of fused-ring (bicyclic) bond motifs is 1. The van der Waals surface area contributed by atoms with Crippen molar-refractivity contribution in [3.63, 3.8) is 0 Å². The van der Waals surface area contributed by atoms with Gasteiger partial charge < -0.3 is 14.8 Å². The first-order chi connectivity index (χ1) is 11.5. The van der Waals surface area contributed by atoms with Gasteiger partial charge in [0.1, 0.15) is 11.5 Å². The summed E-state index contributed by atoms with van der Waals surface area (Å²) in [6, 6.07) is 12.9. The van der Waals surface area contributed by atoms with Gasteiger partial charge in [-0.1, -0.05) is 33.3 Å². The molecule has 3 rings (SSSR count). The number of benzene rings is 2. The summed E-state index contributed by atoms with van der Waals surface area (Å²) in [4.78, 5) is 0. The molecular weight excluding hydrogens is 298 g/mol. The standard InChI is InChI=1S/C10H14O.C9H9NO.C2H6/c1-3-4-9-7-10(11)6-5-8(9)2;1-10-5-4-7-2-3-8(11)6-9(7)10;1-2/h5-7,11H,3-4H2,1-2H3;2-6,11H,1H3;1-2H3. The molecule has 0 aliphatic carbocycles. The van der Waals surface area contributed by atoms with Gasteiger partial charge in [-0.3, -0.25) is 0 Å². The van der Waals surface area contributed by atoms with E-state index in [0.717, 1.165) is 23.7 Å². The zero-order chi connectivity index (χ0) is 18.1. The molecule has 0 unspecified atom stereocenters. The van der Waals surface area contributed by atoms with E-state index in [1.807, 2.05) is 55.9 Å². The van der Waals surface area contributed by atoms with E-state index in [4.69, 9.17) is 10.2 Å². The Hall–Kier alpha value is -2.42. The summed E-state index contributed by atoms with van der Waals surface area (Å²) >= 11 is 0. The molecular formula is C21H29NO2. The molecule has 130 valence electrons. The van der Waals surface area contributed by atoms with Gasteiger partial charge in [-0.15, -0.1) is 0 Å². The Labute approximate surface area is 145 Å². The molecule has 0 aliphatic rings. The van der Waals surface area contributed by atoms with Crippen molar-refractivity contribution in [3.8, 4) is 11.5 Å². The second-order valence-corrected chi connectivity index (χ2v) is 5.53. The molecule has 0 radical (unpaired) electrons. The molecule has 3 heteroatoms. The highest BCUT2D eigenvalue weighted by Crippen LogP contribution is 2.19. The lowest BCUT2D eigenvalue weighted by atomic mass is 10.0. The van der Waals surface area contributed by atoms with Crippen molar-refractivity contribution in [2.45, 2.75) is 40.5 Å². The van der Waals surface area contributed by atoms with Gasteiger partial charge in [-0.05, 0) is 60.2 Å². The quantitative estimate of drug-likeness (QED) is 0.647. The van der Waals surface area contributed by atoms with Gasteiger partial charge in [-0.25, -0.2) is 0 Å². The Morgan fingerprint density at radius 2 is 1.54 bits per heavy atom. The van der Waals surface area contributed by atoms with Crippen molar-refractivity contribution in [2.24, 2.45) is 7.05 Å². The third-order valence-electron chi connectivity index (χ3n) is 3.72. The van der Waals surface area contributed by atoms with Crippen molar-refractivity contribution in [2.75, 3.05) is 0 Å². The number of rotatable bonds is 2. The smallest absolute Gasteiger partial charge is 0.117 e. The summed E-state index contributed by atoms with van der Waals surface area (Å²) in [7, 11) is 1.96. The van der Waals surface area contributed by atoms with E-state index in [0.29, 0.717) is 11.5 Å². The molecule has 0 spiro atoms. The van der Waals surface area contributed by atoms with Crippen LogP contribution in [0.5, 0.6) is 11.5 Å². The van der Waals surface area contributed by atoms with Crippen LogP contribution in [0.2, 0.25) is 0 Å². The van der Waals surface area contributed by atoms with Crippen molar-refractivity contribution in [1.29, 1.82) is 0 Å². The first-order valence-electron chi connectivity index (χ1n) is 8.53. The normalized spacial score (nSPS) is 9.71. The van der Waals surface area contributed by atoms with Crippen molar-refractivity contribution in [3.05, 3.63) is 59.8 Å². The maximum atomic E-state index is 9.16.